The topological polar surface area (TPSA) is 44.9 Å². The second kappa shape index (κ2) is 4.15. The Morgan fingerprint density at radius 2 is 2.07 bits per heavy atom. The van der Waals surface area contributed by atoms with Gasteiger partial charge in [0.15, 0.2) is 0 Å². The Labute approximate surface area is 87.5 Å². The van der Waals surface area contributed by atoms with Crippen LogP contribution in [0.1, 0.15) is 24.3 Å². The Morgan fingerprint density at radius 3 is 2.71 bits per heavy atom. The van der Waals surface area contributed by atoms with Gasteiger partial charge in [0.05, 0.1) is 0 Å². The van der Waals surface area contributed by atoms with Crippen LogP contribution in [0.15, 0.2) is 17.1 Å². The third kappa shape index (κ3) is 1.99. The molecule has 76 valence electrons. The number of aromatic amines is 1. The normalized spacial score (nSPS) is 18.4. The van der Waals surface area contributed by atoms with Gasteiger partial charge in [0.2, 0.25) is 0 Å². The highest BCUT2D eigenvalue weighted by Gasteiger charge is 2.15. The van der Waals surface area contributed by atoms with Gasteiger partial charge in [-0.05, 0) is 43.5 Å². The lowest BCUT2D eigenvalue weighted by atomic mass is 9.91. The molecule has 1 aliphatic heterocycles. The van der Waals surface area contributed by atoms with Crippen LogP contribution in [0.4, 0.5) is 0 Å². The van der Waals surface area contributed by atoms with Crippen LogP contribution in [0.3, 0.4) is 0 Å². The van der Waals surface area contributed by atoms with Crippen LogP contribution in [0, 0.1) is 0 Å². The molecule has 2 heterocycles. The number of pyridine rings is 1. The maximum atomic E-state index is 11.1. The molecule has 1 fully saturated rings. The van der Waals surface area contributed by atoms with Crippen LogP contribution in [0.5, 0.6) is 0 Å². The van der Waals surface area contributed by atoms with Crippen molar-refractivity contribution >= 4 is 11.6 Å². The van der Waals surface area contributed by atoms with Crippen molar-refractivity contribution < 1.29 is 0 Å². The lowest BCUT2D eigenvalue weighted by Gasteiger charge is -2.22. The molecule has 3 nitrogen and oxygen atoms in total. The molecular weight excluding hydrogens is 200 g/mol. The van der Waals surface area contributed by atoms with Crippen molar-refractivity contribution in [1.82, 2.24) is 10.3 Å². The second-order valence-corrected chi connectivity index (χ2v) is 4.04. The van der Waals surface area contributed by atoms with Crippen LogP contribution < -0.4 is 10.9 Å². The largest absolute Gasteiger partial charge is 0.328 e. The van der Waals surface area contributed by atoms with Gasteiger partial charge in [-0.1, -0.05) is 11.6 Å². The molecular formula is C10H13ClN2O. The first kappa shape index (κ1) is 9.74. The number of aromatic nitrogens is 1. The summed E-state index contributed by atoms with van der Waals surface area (Å²) >= 11 is 5.77. The number of nitrogens with one attached hydrogen (secondary N) is 2. The minimum Gasteiger partial charge on any atom is -0.328 e. The highest BCUT2D eigenvalue weighted by Crippen LogP contribution is 2.24. The molecule has 14 heavy (non-hydrogen) atoms. The van der Waals surface area contributed by atoms with Gasteiger partial charge < -0.3 is 10.3 Å². The molecule has 0 aromatic carbocycles. The zero-order chi connectivity index (χ0) is 9.97. The summed E-state index contributed by atoms with van der Waals surface area (Å²) in [5, 5.41) is 3.60. The van der Waals surface area contributed by atoms with E-state index in [2.05, 4.69) is 10.3 Å². The Kier molecular flexibility index (Phi) is 2.89. The summed E-state index contributed by atoms with van der Waals surface area (Å²) in [5.74, 6) is 0.533. The lowest BCUT2D eigenvalue weighted by Crippen LogP contribution is -2.27. The van der Waals surface area contributed by atoms with Crippen molar-refractivity contribution in [3.63, 3.8) is 0 Å². The van der Waals surface area contributed by atoms with Crippen LogP contribution >= 0.6 is 11.6 Å². The molecule has 1 aromatic rings. The van der Waals surface area contributed by atoms with Crippen molar-refractivity contribution in [3.05, 3.63) is 33.2 Å². The Balaban J connectivity index is 2.22. The molecule has 0 radical (unpaired) electrons. The molecule has 1 aliphatic rings. The predicted molar refractivity (Wildman–Crippen MR) is 56.9 cm³/mol. The first-order valence-corrected chi connectivity index (χ1v) is 5.24. The van der Waals surface area contributed by atoms with E-state index in [4.69, 9.17) is 11.6 Å². The van der Waals surface area contributed by atoms with Crippen LogP contribution in [-0.2, 0) is 0 Å². The number of H-pyrrole nitrogens is 1. The highest BCUT2D eigenvalue weighted by molar-refractivity contribution is 6.30. The van der Waals surface area contributed by atoms with E-state index < -0.39 is 0 Å². The standard InChI is InChI=1S/C10H13ClN2O/c11-9-5-8(6-13-10(9)14)7-1-3-12-4-2-7/h5-7,12H,1-4H2,(H,13,14). The van der Waals surface area contributed by atoms with E-state index in [9.17, 15) is 4.79 Å². The fourth-order valence-corrected chi connectivity index (χ4v) is 2.04. The highest BCUT2D eigenvalue weighted by atomic mass is 35.5. The second-order valence-electron chi connectivity index (χ2n) is 3.63. The number of rotatable bonds is 1. The van der Waals surface area contributed by atoms with Crippen LogP contribution in [0.25, 0.3) is 0 Å². The summed E-state index contributed by atoms with van der Waals surface area (Å²) in [7, 11) is 0. The molecule has 1 saturated heterocycles. The third-order valence-corrected chi connectivity index (χ3v) is 2.97. The van der Waals surface area contributed by atoms with E-state index in [1.807, 2.05) is 0 Å². The van der Waals surface area contributed by atoms with E-state index in [0.717, 1.165) is 31.5 Å². The van der Waals surface area contributed by atoms with E-state index in [1.165, 1.54) is 0 Å². The SMILES string of the molecule is O=c1[nH]cc(C2CCNCC2)cc1Cl. The molecule has 1 aromatic heterocycles. The Hall–Kier alpha value is -0.800. The van der Waals surface area contributed by atoms with E-state index in [-0.39, 0.29) is 5.56 Å². The first-order valence-electron chi connectivity index (χ1n) is 4.86. The van der Waals surface area contributed by atoms with Gasteiger partial charge in [-0.3, -0.25) is 4.79 Å². The summed E-state index contributed by atoms with van der Waals surface area (Å²) in [6.45, 7) is 2.09. The molecule has 0 amide bonds. The van der Waals surface area contributed by atoms with Crippen molar-refractivity contribution in [1.29, 1.82) is 0 Å². The minimum absolute atomic E-state index is 0.204. The monoisotopic (exact) mass is 212 g/mol. The van der Waals surface area contributed by atoms with Crippen LogP contribution in [0.2, 0.25) is 5.02 Å². The predicted octanol–water partition coefficient (Wildman–Crippen LogP) is 1.50. The zero-order valence-corrected chi connectivity index (χ0v) is 8.60. The summed E-state index contributed by atoms with van der Waals surface area (Å²) in [6.07, 6.45) is 4.01. The molecule has 2 N–H and O–H groups in total. The summed E-state index contributed by atoms with van der Waals surface area (Å²) in [4.78, 5) is 13.7. The number of piperidine rings is 1. The molecule has 0 aliphatic carbocycles. The van der Waals surface area contributed by atoms with Gasteiger partial charge in [-0.2, -0.15) is 0 Å². The van der Waals surface area contributed by atoms with Crippen molar-refractivity contribution in [3.8, 4) is 0 Å². The average molecular weight is 213 g/mol. The van der Waals surface area contributed by atoms with Gasteiger partial charge in [0.1, 0.15) is 5.02 Å². The van der Waals surface area contributed by atoms with Crippen LogP contribution in [-0.4, -0.2) is 18.1 Å². The molecule has 0 atom stereocenters. The average Bonchev–Trinajstić information content (AvgIpc) is 2.23. The molecule has 0 saturated carbocycles. The molecule has 4 heteroatoms. The van der Waals surface area contributed by atoms with Crippen molar-refractivity contribution in [2.45, 2.75) is 18.8 Å². The fraction of sp³-hybridized carbons (Fsp3) is 0.500. The summed E-state index contributed by atoms with van der Waals surface area (Å²) in [6, 6.07) is 1.79. The third-order valence-electron chi connectivity index (χ3n) is 2.69. The van der Waals surface area contributed by atoms with Gasteiger partial charge in [0.25, 0.3) is 5.56 Å². The maximum absolute atomic E-state index is 11.1. The number of hydrogen-bond donors (Lipinski definition) is 2. The lowest BCUT2D eigenvalue weighted by molar-refractivity contribution is 0.459. The quantitative estimate of drug-likeness (QED) is 0.741. The fourth-order valence-electron chi connectivity index (χ4n) is 1.86. The zero-order valence-electron chi connectivity index (χ0n) is 7.85. The maximum Gasteiger partial charge on any atom is 0.266 e. The summed E-state index contributed by atoms with van der Waals surface area (Å²) in [5.41, 5.74) is 0.945. The molecule has 0 spiro atoms. The first-order chi connectivity index (χ1) is 6.77. The minimum atomic E-state index is -0.204. The smallest absolute Gasteiger partial charge is 0.266 e. The number of halogens is 1. The molecule has 0 unspecified atom stereocenters. The Morgan fingerprint density at radius 1 is 1.36 bits per heavy atom. The van der Waals surface area contributed by atoms with E-state index in [1.54, 1.807) is 12.3 Å². The van der Waals surface area contributed by atoms with Crippen molar-refractivity contribution in [2.24, 2.45) is 0 Å². The van der Waals surface area contributed by atoms with Gasteiger partial charge in [-0.25, -0.2) is 0 Å². The summed E-state index contributed by atoms with van der Waals surface area (Å²) < 4.78 is 0. The Bertz CT molecular complexity index is 369. The van der Waals surface area contributed by atoms with E-state index >= 15 is 0 Å². The van der Waals surface area contributed by atoms with Gasteiger partial charge in [-0.15, -0.1) is 0 Å². The van der Waals surface area contributed by atoms with Gasteiger partial charge in [0, 0.05) is 6.20 Å². The molecule has 0 bridgehead atoms. The number of hydrogen-bond acceptors (Lipinski definition) is 2. The van der Waals surface area contributed by atoms with E-state index in [0.29, 0.717) is 10.9 Å². The van der Waals surface area contributed by atoms with Crippen molar-refractivity contribution in [2.75, 3.05) is 13.1 Å². The van der Waals surface area contributed by atoms with Gasteiger partial charge >= 0.3 is 0 Å². The molecule has 2 rings (SSSR count).